The van der Waals surface area contributed by atoms with Gasteiger partial charge in [-0.3, -0.25) is 0 Å². The summed E-state index contributed by atoms with van der Waals surface area (Å²) in [5, 5.41) is 0. The van der Waals surface area contributed by atoms with Crippen molar-refractivity contribution in [1.82, 2.24) is 0 Å². The summed E-state index contributed by atoms with van der Waals surface area (Å²) in [6.45, 7) is 3.84. The number of hydrogen-bond acceptors (Lipinski definition) is 3. The Balaban J connectivity index is 1.53. The van der Waals surface area contributed by atoms with Gasteiger partial charge in [0, 0.05) is 5.41 Å². The molecule has 3 aliphatic carbocycles. The van der Waals surface area contributed by atoms with Crippen molar-refractivity contribution in [2.45, 2.75) is 62.0 Å². The maximum absolute atomic E-state index is 6.37. The maximum atomic E-state index is 6.37. The van der Waals surface area contributed by atoms with Gasteiger partial charge in [-0.2, -0.15) is 0 Å². The first-order valence-electron chi connectivity index (χ1n) is 10.2. The zero-order chi connectivity index (χ0) is 17.9. The van der Waals surface area contributed by atoms with Gasteiger partial charge in [-0.05, 0) is 79.5 Å². The topological polar surface area (TPSA) is 27.7 Å². The van der Waals surface area contributed by atoms with E-state index in [1.54, 1.807) is 12.7 Å². The van der Waals surface area contributed by atoms with Gasteiger partial charge in [-0.1, -0.05) is 28.9 Å². The van der Waals surface area contributed by atoms with Crippen LogP contribution in [-0.4, -0.2) is 30.9 Å². The minimum absolute atomic E-state index is 0.169. The number of aryl methyl sites for hydroxylation is 1. The van der Waals surface area contributed by atoms with Crippen molar-refractivity contribution in [3.63, 3.8) is 0 Å². The number of benzene rings is 1. The second-order valence-electron chi connectivity index (χ2n) is 8.60. The van der Waals surface area contributed by atoms with Crippen molar-refractivity contribution in [3.05, 3.63) is 29.3 Å². The molecule has 5 atom stereocenters. The highest BCUT2D eigenvalue weighted by molar-refractivity contribution is 9.09. The molecule has 142 valence electrons. The predicted octanol–water partition coefficient (Wildman–Crippen LogP) is 5.06. The summed E-state index contributed by atoms with van der Waals surface area (Å²) >= 11 is 3.99. The summed E-state index contributed by atoms with van der Waals surface area (Å²) in [6, 6.07) is 6.75. The van der Waals surface area contributed by atoms with Crippen molar-refractivity contribution in [3.8, 4) is 5.75 Å². The molecule has 1 aromatic carbocycles. The summed E-state index contributed by atoms with van der Waals surface area (Å²) < 4.78 is 18.2. The molecule has 3 nitrogen and oxygen atoms in total. The molecule has 0 bridgehead atoms. The van der Waals surface area contributed by atoms with Crippen LogP contribution in [0.2, 0.25) is 0 Å². The summed E-state index contributed by atoms with van der Waals surface area (Å²) in [5.74, 6) is 2.72. The molecule has 1 spiro atoms. The van der Waals surface area contributed by atoms with Gasteiger partial charge in [0.05, 0.1) is 25.2 Å². The van der Waals surface area contributed by atoms with Crippen LogP contribution in [0.4, 0.5) is 0 Å². The van der Waals surface area contributed by atoms with Crippen LogP contribution in [0.15, 0.2) is 18.2 Å². The molecular weight excluding hydrogens is 392 g/mol. The normalized spacial score (nSPS) is 40.1. The number of rotatable bonds is 2. The molecule has 2 saturated carbocycles. The SMILES string of the molecule is CCC12CCC3c4ccc(OC)cc4CCC3C1CC(Br)C21OCCO1. The standard InChI is InChI=1S/C22H29BrO3/c1-3-21-9-8-17-16-7-5-15(24-2)12-14(16)4-6-18(17)19(21)13-20(23)22(21)25-10-11-26-22/h5,7,12,17-20H,3-4,6,8-11,13H2,1-2H3. The first-order chi connectivity index (χ1) is 12.6. The molecule has 1 heterocycles. The Morgan fingerprint density at radius 1 is 1.23 bits per heavy atom. The number of fused-ring (bicyclic) bond motifs is 6. The second kappa shape index (κ2) is 6.22. The third-order valence-electron chi connectivity index (χ3n) is 8.06. The van der Waals surface area contributed by atoms with Gasteiger partial charge in [0.15, 0.2) is 5.79 Å². The van der Waals surface area contributed by atoms with E-state index in [1.807, 2.05) is 0 Å². The zero-order valence-corrected chi connectivity index (χ0v) is 17.4. The molecule has 0 N–H and O–H groups in total. The smallest absolute Gasteiger partial charge is 0.186 e. The molecule has 5 unspecified atom stereocenters. The van der Waals surface area contributed by atoms with Crippen molar-refractivity contribution >= 4 is 15.9 Å². The molecule has 1 saturated heterocycles. The van der Waals surface area contributed by atoms with Gasteiger partial charge in [-0.25, -0.2) is 0 Å². The van der Waals surface area contributed by atoms with Crippen molar-refractivity contribution < 1.29 is 14.2 Å². The fourth-order valence-electron chi connectivity index (χ4n) is 7.01. The Morgan fingerprint density at radius 2 is 2.04 bits per heavy atom. The quantitative estimate of drug-likeness (QED) is 0.625. The average Bonchev–Trinajstić information content (AvgIpc) is 3.27. The number of ether oxygens (including phenoxy) is 3. The predicted molar refractivity (Wildman–Crippen MR) is 105 cm³/mol. The molecule has 3 fully saturated rings. The van der Waals surface area contributed by atoms with Crippen LogP contribution in [0.1, 0.15) is 56.1 Å². The van der Waals surface area contributed by atoms with E-state index >= 15 is 0 Å². The average molecular weight is 421 g/mol. The molecule has 0 amide bonds. The Morgan fingerprint density at radius 3 is 2.77 bits per heavy atom. The fourth-order valence-corrected chi connectivity index (χ4v) is 8.13. The summed E-state index contributed by atoms with van der Waals surface area (Å²) in [7, 11) is 1.76. The monoisotopic (exact) mass is 420 g/mol. The van der Waals surface area contributed by atoms with Gasteiger partial charge < -0.3 is 14.2 Å². The molecule has 0 radical (unpaired) electrons. The summed E-state index contributed by atoms with van der Waals surface area (Å²) in [5.41, 5.74) is 3.25. The first-order valence-corrected chi connectivity index (χ1v) is 11.2. The van der Waals surface area contributed by atoms with Crippen LogP contribution < -0.4 is 4.74 Å². The number of alkyl halides is 1. The summed E-state index contributed by atoms with van der Waals surface area (Å²) in [6.07, 6.45) is 7.25. The highest BCUT2D eigenvalue weighted by Gasteiger charge is 2.70. The van der Waals surface area contributed by atoms with Crippen LogP contribution in [0.25, 0.3) is 0 Å². The van der Waals surface area contributed by atoms with E-state index in [2.05, 4.69) is 41.1 Å². The third kappa shape index (κ3) is 2.13. The Hall–Kier alpha value is -0.580. The highest BCUT2D eigenvalue weighted by Crippen LogP contribution is 2.68. The first kappa shape index (κ1) is 17.5. The van der Waals surface area contributed by atoms with Crippen molar-refractivity contribution in [1.29, 1.82) is 0 Å². The van der Waals surface area contributed by atoms with E-state index < -0.39 is 5.79 Å². The van der Waals surface area contributed by atoms with Gasteiger partial charge in [-0.15, -0.1) is 0 Å². The zero-order valence-electron chi connectivity index (χ0n) is 15.8. The number of methoxy groups -OCH3 is 1. The van der Waals surface area contributed by atoms with E-state index in [-0.39, 0.29) is 5.41 Å². The van der Waals surface area contributed by atoms with Crippen LogP contribution in [0.3, 0.4) is 0 Å². The van der Waals surface area contributed by atoms with Gasteiger partial charge in [0.1, 0.15) is 5.75 Å². The van der Waals surface area contributed by atoms with E-state index in [9.17, 15) is 0 Å². The minimum Gasteiger partial charge on any atom is -0.497 e. The van der Waals surface area contributed by atoms with Crippen LogP contribution in [-0.2, 0) is 15.9 Å². The van der Waals surface area contributed by atoms with Crippen LogP contribution >= 0.6 is 15.9 Å². The molecule has 4 aliphatic rings. The van der Waals surface area contributed by atoms with E-state index in [0.29, 0.717) is 16.7 Å². The van der Waals surface area contributed by atoms with Gasteiger partial charge in [0.25, 0.3) is 0 Å². The summed E-state index contributed by atoms with van der Waals surface area (Å²) in [4.78, 5) is 0.318. The fraction of sp³-hybridized carbons (Fsp3) is 0.727. The third-order valence-corrected chi connectivity index (χ3v) is 9.03. The lowest BCUT2D eigenvalue weighted by Gasteiger charge is -2.54. The largest absolute Gasteiger partial charge is 0.497 e. The van der Waals surface area contributed by atoms with Crippen LogP contribution in [0, 0.1) is 17.3 Å². The molecule has 1 aliphatic heterocycles. The lowest BCUT2D eigenvalue weighted by molar-refractivity contribution is -0.241. The molecule has 26 heavy (non-hydrogen) atoms. The molecular formula is C22H29BrO3. The van der Waals surface area contributed by atoms with Crippen LogP contribution in [0.5, 0.6) is 5.75 Å². The van der Waals surface area contributed by atoms with Crippen molar-refractivity contribution in [2.75, 3.05) is 20.3 Å². The lowest BCUT2D eigenvalue weighted by atomic mass is 9.53. The minimum atomic E-state index is -0.391. The molecule has 0 aromatic heterocycles. The molecule has 4 heteroatoms. The molecule has 1 aromatic rings. The Kier molecular flexibility index (Phi) is 4.19. The number of halogens is 1. The molecule has 5 rings (SSSR count). The van der Waals surface area contributed by atoms with E-state index in [1.165, 1.54) is 37.7 Å². The Labute approximate surface area is 164 Å². The lowest BCUT2D eigenvalue weighted by Crippen LogP contribution is -2.55. The van der Waals surface area contributed by atoms with Gasteiger partial charge >= 0.3 is 0 Å². The number of hydrogen-bond donors (Lipinski definition) is 0. The highest BCUT2D eigenvalue weighted by atomic mass is 79.9. The van der Waals surface area contributed by atoms with Crippen molar-refractivity contribution in [2.24, 2.45) is 17.3 Å². The van der Waals surface area contributed by atoms with Gasteiger partial charge in [0.2, 0.25) is 0 Å². The second-order valence-corrected chi connectivity index (χ2v) is 9.70. The van der Waals surface area contributed by atoms with E-state index in [0.717, 1.165) is 31.3 Å². The van der Waals surface area contributed by atoms with E-state index in [4.69, 9.17) is 14.2 Å². The Bertz CT molecular complexity index is 699. The maximum Gasteiger partial charge on any atom is 0.186 e.